The van der Waals surface area contributed by atoms with Gasteiger partial charge >= 0.3 is 6.03 Å². The molecule has 0 aromatic carbocycles. The number of aryl methyl sites for hydroxylation is 1. The molecule has 1 aromatic rings. The van der Waals surface area contributed by atoms with E-state index in [0.29, 0.717) is 13.1 Å². The summed E-state index contributed by atoms with van der Waals surface area (Å²) in [6.45, 7) is 7.23. The summed E-state index contributed by atoms with van der Waals surface area (Å²) in [6.07, 6.45) is 7.00. The molecule has 4 rings (SSSR count). The number of pyridine rings is 1. The van der Waals surface area contributed by atoms with Gasteiger partial charge in [0, 0.05) is 50.2 Å². The predicted molar refractivity (Wildman–Crippen MR) is 95.8 cm³/mol. The highest BCUT2D eigenvalue weighted by Crippen LogP contribution is 2.26. The summed E-state index contributed by atoms with van der Waals surface area (Å²) in [7, 11) is 0. The Hall–Kier alpha value is -1.82. The van der Waals surface area contributed by atoms with Gasteiger partial charge in [-0.1, -0.05) is 6.42 Å². The third-order valence-corrected chi connectivity index (χ3v) is 5.68. The van der Waals surface area contributed by atoms with Gasteiger partial charge in [0.2, 0.25) is 0 Å². The Morgan fingerprint density at radius 2 is 1.96 bits per heavy atom. The molecule has 2 amide bonds. The first-order valence-corrected chi connectivity index (χ1v) is 9.56. The lowest BCUT2D eigenvalue weighted by atomic mass is 9.91. The van der Waals surface area contributed by atoms with Gasteiger partial charge < -0.3 is 14.5 Å². The van der Waals surface area contributed by atoms with Crippen molar-refractivity contribution in [2.75, 3.05) is 39.3 Å². The number of likely N-dealkylation sites (tertiary alicyclic amines) is 1. The Bertz CT molecular complexity index is 613. The molecule has 0 N–H and O–H groups in total. The summed E-state index contributed by atoms with van der Waals surface area (Å²) in [5.74, 6) is 0.843. The minimum absolute atomic E-state index is 0.101. The molecule has 0 radical (unpaired) electrons. The zero-order valence-corrected chi connectivity index (χ0v) is 15.1. The van der Waals surface area contributed by atoms with Crippen molar-refractivity contribution < 1.29 is 9.53 Å². The minimum atomic E-state index is 0.101. The van der Waals surface area contributed by atoms with Crippen LogP contribution < -0.4 is 4.74 Å². The molecule has 1 aliphatic carbocycles. The molecule has 1 saturated carbocycles. The van der Waals surface area contributed by atoms with Crippen LogP contribution >= 0.6 is 0 Å². The van der Waals surface area contributed by atoms with Crippen LogP contribution in [0.5, 0.6) is 5.75 Å². The lowest BCUT2D eigenvalue weighted by Gasteiger charge is -2.41. The van der Waals surface area contributed by atoms with E-state index in [1.807, 2.05) is 28.9 Å². The normalized spacial score (nSPS) is 22.9. The number of hydrogen-bond donors (Lipinski definition) is 0. The molecule has 1 aromatic heterocycles. The Morgan fingerprint density at radius 1 is 1.12 bits per heavy atom. The van der Waals surface area contributed by atoms with E-state index in [1.54, 1.807) is 6.20 Å². The summed E-state index contributed by atoms with van der Waals surface area (Å²) >= 11 is 0. The average molecular weight is 344 g/mol. The van der Waals surface area contributed by atoms with E-state index in [9.17, 15) is 4.79 Å². The highest BCUT2D eigenvalue weighted by molar-refractivity contribution is 5.75. The van der Waals surface area contributed by atoms with Crippen LogP contribution in [0.1, 0.15) is 31.4 Å². The van der Waals surface area contributed by atoms with Crippen molar-refractivity contribution in [3.63, 3.8) is 0 Å². The number of amides is 2. The summed E-state index contributed by atoms with van der Waals surface area (Å²) in [4.78, 5) is 23.4. The van der Waals surface area contributed by atoms with Crippen LogP contribution in [-0.4, -0.2) is 77.1 Å². The Morgan fingerprint density at radius 3 is 2.68 bits per heavy atom. The molecule has 6 nitrogen and oxygen atoms in total. The van der Waals surface area contributed by atoms with E-state index in [1.165, 1.54) is 19.3 Å². The largest absolute Gasteiger partial charge is 0.487 e. The third-order valence-electron chi connectivity index (χ3n) is 5.68. The van der Waals surface area contributed by atoms with Crippen molar-refractivity contribution in [3.8, 4) is 5.75 Å². The van der Waals surface area contributed by atoms with Crippen LogP contribution in [0.2, 0.25) is 0 Å². The maximum absolute atomic E-state index is 12.7. The highest BCUT2D eigenvalue weighted by atomic mass is 16.5. The van der Waals surface area contributed by atoms with Gasteiger partial charge in [0.15, 0.2) is 0 Å². The van der Waals surface area contributed by atoms with Crippen LogP contribution in [0, 0.1) is 6.92 Å². The molecule has 3 aliphatic rings. The molecular formula is C19H28N4O2. The van der Waals surface area contributed by atoms with Crippen molar-refractivity contribution in [1.29, 1.82) is 0 Å². The first kappa shape index (κ1) is 16.6. The summed E-state index contributed by atoms with van der Waals surface area (Å²) in [6, 6.07) is 4.78. The van der Waals surface area contributed by atoms with Crippen molar-refractivity contribution in [3.05, 3.63) is 24.0 Å². The van der Waals surface area contributed by atoms with Gasteiger partial charge in [-0.2, -0.15) is 0 Å². The van der Waals surface area contributed by atoms with Gasteiger partial charge in [0.1, 0.15) is 11.9 Å². The van der Waals surface area contributed by atoms with Crippen LogP contribution in [0.15, 0.2) is 18.3 Å². The van der Waals surface area contributed by atoms with Crippen LogP contribution in [0.4, 0.5) is 4.79 Å². The van der Waals surface area contributed by atoms with Crippen molar-refractivity contribution in [2.45, 2.75) is 44.8 Å². The van der Waals surface area contributed by atoms with Gasteiger partial charge in [-0.15, -0.1) is 0 Å². The van der Waals surface area contributed by atoms with Gasteiger partial charge in [-0.3, -0.25) is 9.88 Å². The van der Waals surface area contributed by atoms with Gasteiger partial charge in [0.05, 0.1) is 13.1 Å². The Kier molecular flexibility index (Phi) is 4.79. The Balaban J connectivity index is 1.24. The quantitative estimate of drug-likeness (QED) is 0.843. The van der Waals surface area contributed by atoms with Crippen LogP contribution in [0.3, 0.4) is 0 Å². The molecule has 2 aliphatic heterocycles. The molecule has 6 heteroatoms. The lowest BCUT2D eigenvalue weighted by Crippen LogP contribution is -2.60. The number of urea groups is 1. The fourth-order valence-electron chi connectivity index (χ4n) is 3.90. The zero-order valence-electron chi connectivity index (χ0n) is 15.1. The number of ether oxygens (including phenoxy) is 1. The highest BCUT2D eigenvalue weighted by Gasteiger charge is 2.36. The smallest absolute Gasteiger partial charge is 0.320 e. The first-order chi connectivity index (χ1) is 12.2. The van der Waals surface area contributed by atoms with Crippen molar-refractivity contribution in [1.82, 2.24) is 19.7 Å². The van der Waals surface area contributed by atoms with E-state index in [2.05, 4.69) is 9.88 Å². The molecule has 0 unspecified atom stereocenters. The molecule has 0 atom stereocenters. The maximum atomic E-state index is 12.7. The molecule has 3 heterocycles. The van der Waals surface area contributed by atoms with Gasteiger partial charge in [0.25, 0.3) is 0 Å². The van der Waals surface area contributed by atoms with Gasteiger partial charge in [-0.25, -0.2) is 4.79 Å². The van der Waals surface area contributed by atoms with Crippen molar-refractivity contribution >= 4 is 6.03 Å². The lowest BCUT2D eigenvalue weighted by molar-refractivity contribution is 0.0308. The van der Waals surface area contributed by atoms with Gasteiger partial charge in [-0.05, 0) is 32.3 Å². The first-order valence-electron chi connectivity index (χ1n) is 9.56. The monoisotopic (exact) mass is 344 g/mol. The van der Waals surface area contributed by atoms with Crippen LogP contribution in [0.25, 0.3) is 0 Å². The summed E-state index contributed by atoms with van der Waals surface area (Å²) in [5.41, 5.74) is 0.949. The van der Waals surface area contributed by atoms with E-state index in [-0.39, 0.29) is 12.1 Å². The average Bonchev–Trinajstić information content (AvgIpc) is 2.74. The molecule has 25 heavy (non-hydrogen) atoms. The summed E-state index contributed by atoms with van der Waals surface area (Å²) in [5, 5.41) is 0. The standard InChI is InChI=1S/C19H28N4O2/c1-15-12-17(6-7-20-15)25-18-13-23(14-18)19(24)22-9-3-8-21(10-11-22)16-4-2-5-16/h6-7,12,16,18H,2-5,8-11,13-14H2,1H3. The van der Waals surface area contributed by atoms with E-state index in [0.717, 1.165) is 50.1 Å². The third kappa shape index (κ3) is 3.73. The topological polar surface area (TPSA) is 48.9 Å². The number of carbonyl (C=O) groups is 1. The second-order valence-corrected chi connectivity index (χ2v) is 7.52. The second-order valence-electron chi connectivity index (χ2n) is 7.52. The minimum Gasteiger partial charge on any atom is -0.487 e. The Labute approximate surface area is 149 Å². The van der Waals surface area contributed by atoms with Crippen molar-refractivity contribution in [2.24, 2.45) is 0 Å². The number of nitrogens with zero attached hydrogens (tertiary/aromatic N) is 4. The molecule has 0 spiro atoms. The van der Waals surface area contributed by atoms with Crippen LogP contribution in [-0.2, 0) is 0 Å². The number of carbonyl (C=O) groups excluding carboxylic acids is 1. The SMILES string of the molecule is Cc1cc(OC2CN(C(=O)N3CCCN(C4CCC4)CC3)C2)ccn1. The fourth-order valence-corrected chi connectivity index (χ4v) is 3.90. The predicted octanol–water partition coefficient (Wildman–Crippen LogP) is 2.13. The molecule has 136 valence electrons. The summed E-state index contributed by atoms with van der Waals surface area (Å²) < 4.78 is 5.93. The van der Waals surface area contributed by atoms with E-state index >= 15 is 0 Å². The van der Waals surface area contributed by atoms with E-state index < -0.39 is 0 Å². The molecule has 2 saturated heterocycles. The molecule has 3 fully saturated rings. The zero-order chi connectivity index (χ0) is 17.2. The molecule has 0 bridgehead atoms. The van der Waals surface area contributed by atoms with E-state index in [4.69, 9.17) is 4.74 Å². The second kappa shape index (κ2) is 7.20. The number of rotatable bonds is 3. The number of hydrogen-bond acceptors (Lipinski definition) is 4. The number of aromatic nitrogens is 1. The maximum Gasteiger partial charge on any atom is 0.320 e. The molecular weight excluding hydrogens is 316 g/mol. The fraction of sp³-hybridized carbons (Fsp3) is 0.684.